The molecule has 200 valence electrons. The van der Waals surface area contributed by atoms with Gasteiger partial charge in [0.1, 0.15) is 11.2 Å². The highest BCUT2D eigenvalue weighted by atomic mass is 16.3. The lowest BCUT2D eigenvalue weighted by molar-refractivity contribution is 0.670. The fraction of sp³-hybridized carbons (Fsp3) is 0. The first-order valence-corrected chi connectivity index (χ1v) is 12.7. The van der Waals surface area contributed by atoms with Crippen LogP contribution in [-0.4, -0.2) is 0 Å². The maximum absolute atomic E-state index is 9.54. The number of hydrogen-bond donors (Lipinski definition) is 0. The van der Waals surface area contributed by atoms with Gasteiger partial charge in [0.25, 0.3) is 0 Å². The fourth-order valence-electron chi connectivity index (χ4n) is 5.13. The Morgan fingerprint density at radius 2 is 0.953 bits per heavy atom. The van der Waals surface area contributed by atoms with Crippen molar-refractivity contribution in [3.05, 3.63) is 157 Å². The summed E-state index contributed by atoms with van der Waals surface area (Å²) in [6, 6.07) is -23.1. The Labute approximate surface area is 285 Å². The minimum Gasteiger partial charge on any atom is -0.455 e. The summed E-state index contributed by atoms with van der Waals surface area (Å²) < 4.78 is 237. The predicted molar refractivity (Wildman–Crippen MR) is 183 cm³/mol. The van der Waals surface area contributed by atoms with Crippen LogP contribution in [0.2, 0.25) is 0 Å². The Morgan fingerprint density at radius 1 is 0.372 bits per heavy atom. The molecule has 0 fully saturated rings. The Balaban J connectivity index is 1.57. The highest BCUT2D eigenvalue weighted by Gasteiger charge is 2.20. The maximum Gasteiger partial charge on any atom is 0.143 e. The van der Waals surface area contributed by atoms with Crippen molar-refractivity contribution < 1.29 is 40.1 Å². The first kappa shape index (κ1) is 9.69. The van der Waals surface area contributed by atoms with E-state index in [1.807, 2.05) is 0 Å². The van der Waals surface area contributed by atoms with Gasteiger partial charge in [0, 0.05) is 21.9 Å². The van der Waals surface area contributed by atoms with Gasteiger partial charge in [0.05, 0.1) is 35.6 Å². The summed E-state index contributed by atoms with van der Waals surface area (Å²) in [5, 5.41) is -4.87. The van der Waals surface area contributed by atoms with Crippen LogP contribution in [0.15, 0.2) is 162 Å². The Hall–Kier alpha value is -5.66. The van der Waals surface area contributed by atoms with Crippen LogP contribution in [0.3, 0.4) is 0 Å². The normalized spacial score (nSPS) is 20.2. The molecule has 9 aromatic rings. The second-order valence-corrected chi connectivity index (χ2v) is 9.26. The summed E-state index contributed by atoms with van der Waals surface area (Å²) >= 11 is 0. The van der Waals surface area contributed by atoms with Gasteiger partial charge >= 0.3 is 0 Å². The molecule has 1 heterocycles. The lowest BCUT2D eigenvalue weighted by Gasteiger charge is -2.17. The first-order chi connectivity index (χ1) is 32.2. The number of furan rings is 1. The predicted octanol–water partition coefficient (Wildman–Crippen LogP) is 12.0. The van der Waals surface area contributed by atoms with Gasteiger partial charge < -0.3 is 4.42 Å². The molecule has 0 amide bonds. The van der Waals surface area contributed by atoms with Crippen LogP contribution in [-0.2, 0) is 0 Å². The van der Waals surface area contributed by atoms with E-state index in [-0.39, 0.29) is 0 Å². The van der Waals surface area contributed by atoms with Crippen LogP contribution in [0.5, 0.6) is 0 Å². The molecular formula is C42H26O. The zero-order valence-corrected chi connectivity index (χ0v) is 21.4. The molecule has 0 N–H and O–H groups in total. The summed E-state index contributed by atoms with van der Waals surface area (Å²) in [6.45, 7) is 0. The van der Waals surface area contributed by atoms with E-state index in [1.54, 1.807) is 0 Å². The first-order valence-electron chi connectivity index (χ1n) is 25.7. The van der Waals surface area contributed by atoms with Crippen LogP contribution in [0, 0.1) is 0 Å². The molecule has 8 aromatic carbocycles. The highest BCUT2D eigenvalue weighted by Crippen LogP contribution is 2.46. The van der Waals surface area contributed by atoms with Gasteiger partial charge in [-0.2, -0.15) is 0 Å². The van der Waals surface area contributed by atoms with Crippen LogP contribution >= 0.6 is 0 Å². The molecule has 0 aliphatic carbocycles. The van der Waals surface area contributed by atoms with Crippen molar-refractivity contribution in [2.75, 3.05) is 0 Å². The average molecular weight is 573 g/mol. The van der Waals surface area contributed by atoms with E-state index in [2.05, 4.69) is 0 Å². The molecule has 0 spiro atoms. The van der Waals surface area contributed by atoms with Gasteiger partial charge in [-0.25, -0.2) is 0 Å². The molecule has 0 bridgehead atoms. The van der Waals surface area contributed by atoms with Crippen molar-refractivity contribution in [3.63, 3.8) is 0 Å². The molecule has 0 saturated heterocycles. The van der Waals surface area contributed by atoms with E-state index in [4.69, 9.17) is 30.5 Å². The lowest BCUT2D eigenvalue weighted by atomic mass is 9.85. The van der Waals surface area contributed by atoms with Crippen molar-refractivity contribution in [2.45, 2.75) is 0 Å². The molecule has 0 unspecified atom stereocenters. The van der Waals surface area contributed by atoms with E-state index in [1.165, 1.54) is 0 Å². The van der Waals surface area contributed by atoms with Crippen molar-refractivity contribution in [3.8, 4) is 33.4 Å². The molecule has 0 saturated carbocycles. The van der Waals surface area contributed by atoms with Crippen molar-refractivity contribution >= 4 is 54.3 Å². The summed E-state index contributed by atoms with van der Waals surface area (Å²) in [4.78, 5) is 0. The van der Waals surface area contributed by atoms with Crippen LogP contribution in [0.4, 0.5) is 0 Å². The van der Waals surface area contributed by atoms with Crippen LogP contribution < -0.4 is 0 Å². The Kier molecular flexibility index (Phi) is 2.13. The third-order valence-corrected chi connectivity index (χ3v) is 6.94. The largest absolute Gasteiger partial charge is 0.455 e. The van der Waals surface area contributed by atoms with E-state index in [0.717, 1.165) is 0 Å². The fourth-order valence-corrected chi connectivity index (χ4v) is 5.13. The molecule has 0 aliphatic rings. The second kappa shape index (κ2) is 9.44. The molecule has 9 rings (SSSR count). The van der Waals surface area contributed by atoms with E-state index in [0.29, 0.717) is 0 Å². The Bertz CT molecular complexity index is 3860. The SMILES string of the molecule is [2H]c1c([2H])c([2H])c(-c2c3c([2H])c([2H])c([2H])c([2H])c3c(-c3c([2H])c([2H])c([2H])c4c3oc3c([2H])c([2H])c(-c5c([2H])c([2H])c6c([2H])c([2H])c([2H])c([2H])c6c5[2H])c([2H])c34)c3c([2H])c([2H])c([2H])c([2H])c23)c([2H])c1[2H]. The van der Waals surface area contributed by atoms with Crippen LogP contribution in [0.1, 0.15) is 35.6 Å². The average Bonchev–Trinajstić information content (AvgIpc) is 3.72. The number of benzene rings is 8. The number of hydrogen-bond acceptors (Lipinski definition) is 1. The van der Waals surface area contributed by atoms with Crippen LogP contribution in [0.25, 0.3) is 87.6 Å². The summed E-state index contributed by atoms with van der Waals surface area (Å²) in [6.07, 6.45) is 0. The molecular weight excluding hydrogens is 520 g/mol. The molecule has 1 nitrogen and oxygen atoms in total. The monoisotopic (exact) mass is 572 g/mol. The topological polar surface area (TPSA) is 13.1 Å². The van der Waals surface area contributed by atoms with Gasteiger partial charge in [-0.3, -0.25) is 0 Å². The third kappa shape index (κ3) is 3.72. The smallest absolute Gasteiger partial charge is 0.143 e. The second-order valence-electron chi connectivity index (χ2n) is 9.26. The summed E-state index contributed by atoms with van der Waals surface area (Å²) in [7, 11) is 0. The third-order valence-electron chi connectivity index (χ3n) is 6.94. The molecule has 0 aliphatic heterocycles. The van der Waals surface area contributed by atoms with E-state index < -0.39 is 245 Å². The highest BCUT2D eigenvalue weighted by molar-refractivity contribution is 6.24. The van der Waals surface area contributed by atoms with Gasteiger partial charge in [-0.1, -0.05) is 139 Å². The summed E-state index contributed by atoms with van der Waals surface area (Å²) in [5.74, 6) is 0. The zero-order chi connectivity index (χ0) is 51.0. The minimum absolute atomic E-state index is 0.508. The van der Waals surface area contributed by atoms with E-state index >= 15 is 0 Å². The van der Waals surface area contributed by atoms with Crippen molar-refractivity contribution in [1.29, 1.82) is 0 Å². The van der Waals surface area contributed by atoms with Gasteiger partial charge in [0.15, 0.2) is 0 Å². The lowest BCUT2D eigenvalue weighted by Crippen LogP contribution is -1.90. The molecule has 43 heavy (non-hydrogen) atoms. The zero-order valence-electron chi connectivity index (χ0n) is 47.4. The number of para-hydroxylation sites is 1. The summed E-state index contributed by atoms with van der Waals surface area (Å²) in [5.41, 5.74) is -5.52. The standard InChI is InChI=1S/C42H26O/c1-2-12-28(13-3-1)40-32-15-6-8-17-34(32)41(35-18-9-7-16-33(35)40)37-20-10-19-36-38-26-31(23-24-39(38)43-42(36)37)30-22-21-27-11-4-5-14-29(27)25-30/h1-26H/i1D,2D,3D,4D,5D,6D,7D,8D,9D,10D,11D,12D,13D,14D,15D,16D,17D,18D,19D,20D,21D,22D,23D,24D,25D,26D. The van der Waals surface area contributed by atoms with E-state index in [9.17, 15) is 9.60 Å². The molecule has 0 atom stereocenters. The maximum atomic E-state index is 9.54. The van der Waals surface area contributed by atoms with Gasteiger partial charge in [-0.05, 0) is 72.7 Å². The molecule has 0 radical (unpaired) electrons. The number of fused-ring (bicyclic) bond motifs is 6. The van der Waals surface area contributed by atoms with Crippen molar-refractivity contribution in [2.24, 2.45) is 0 Å². The quantitative estimate of drug-likeness (QED) is 0.192. The molecule has 1 heteroatoms. The minimum atomic E-state index is -0.974. The molecule has 1 aromatic heterocycles. The van der Waals surface area contributed by atoms with Gasteiger partial charge in [0.2, 0.25) is 0 Å². The Morgan fingerprint density at radius 3 is 1.70 bits per heavy atom. The van der Waals surface area contributed by atoms with Gasteiger partial charge in [-0.15, -0.1) is 0 Å². The van der Waals surface area contributed by atoms with Crippen molar-refractivity contribution in [1.82, 2.24) is 0 Å². The number of rotatable bonds is 3.